The van der Waals surface area contributed by atoms with Crippen molar-refractivity contribution in [1.29, 1.82) is 0 Å². The van der Waals surface area contributed by atoms with E-state index in [2.05, 4.69) is 49.4 Å². The molecule has 0 radical (unpaired) electrons. The number of nitrogens with zero attached hydrogens (tertiary/aromatic N) is 2. The van der Waals surface area contributed by atoms with E-state index in [0.717, 1.165) is 34.7 Å². The summed E-state index contributed by atoms with van der Waals surface area (Å²) in [5.74, 6) is 0.909. The topological polar surface area (TPSA) is 31.0 Å². The van der Waals surface area contributed by atoms with Crippen LogP contribution in [0.4, 0.5) is 0 Å². The minimum absolute atomic E-state index is 0.739. The third kappa shape index (κ3) is 2.55. The van der Waals surface area contributed by atoms with Crippen LogP contribution < -0.4 is 0 Å². The Balaban J connectivity index is 1.82. The van der Waals surface area contributed by atoms with Gasteiger partial charge in [-0.1, -0.05) is 60.2 Å². The molecule has 23 heavy (non-hydrogen) atoms. The number of furan rings is 1. The number of benzene rings is 2. The summed E-state index contributed by atoms with van der Waals surface area (Å²) < 4.78 is 7.93. The summed E-state index contributed by atoms with van der Waals surface area (Å²) in [6, 6.07) is 20.8. The maximum absolute atomic E-state index is 5.91. The molecule has 0 aliphatic carbocycles. The highest BCUT2D eigenvalue weighted by molar-refractivity contribution is 5.89. The molecule has 3 heteroatoms. The Kier molecular flexibility index (Phi) is 3.27. The van der Waals surface area contributed by atoms with Crippen LogP contribution in [0.15, 0.2) is 65.1 Å². The van der Waals surface area contributed by atoms with Gasteiger partial charge in [-0.3, -0.25) is 4.68 Å². The number of fused-ring (bicyclic) bond motifs is 1. The Bertz CT molecular complexity index is 947. The SMILES string of the molecule is Cc1ccc(Cn2nc(-c3ccccc3)c3oc(C)cc32)cc1. The normalized spacial score (nSPS) is 11.2. The fraction of sp³-hybridized carbons (Fsp3) is 0.150. The van der Waals surface area contributed by atoms with E-state index in [1.807, 2.05) is 29.8 Å². The van der Waals surface area contributed by atoms with Gasteiger partial charge in [-0.2, -0.15) is 5.10 Å². The van der Waals surface area contributed by atoms with E-state index in [0.29, 0.717) is 0 Å². The average molecular weight is 302 g/mol. The van der Waals surface area contributed by atoms with Crippen LogP contribution in [0.1, 0.15) is 16.9 Å². The first-order valence-corrected chi connectivity index (χ1v) is 7.78. The van der Waals surface area contributed by atoms with E-state index in [-0.39, 0.29) is 0 Å². The minimum atomic E-state index is 0.739. The highest BCUT2D eigenvalue weighted by Gasteiger charge is 2.16. The summed E-state index contributed by atoms with van der Waals surface area (Å²) in [4.78, 5) is 0. The van der Waals surface area contributed by atoms with Crippen molar-refractivity contribution in [2.75, 3.05) is 0 Å². The average Bonchev–Trinajstić information content (AvgIpc) is 3.09. The van der Waals surface area contributed by atoms with Crippen molar-refractivity contribution < 1.29 is 4.42 Å². The van der Waals surface area contributed by atoms with Crippen LogP contribution in [0.25, 0.3) is 22.4 Å². The Morgan fingerprint density at radius 1 is 0.957 bits per heavy atom. The van der Waals surface area contributed by atoms with Crippen LogP contribution in [-0.2, 0) is 6.54 Å². The summed E-state index contributed by atoms with van der Waals surface area (Å²) >= 11 is 0. The van der Waals surface area contributed by atoms with Gasteiger partial charge < -0.3 is 4.42 Å². The van der Waals surface area contributed by atoms with Gasteiger partial charge >= 0.3 is 0 Å². The van der Waals surface area contributed by atoms with Gasteiger partial charge in [0.2, 0.25) is 0 Å². The van der Waals surface area contributed by atoms with Gasteiger partial charge in [-0.25, -0.2) is 0 Å². The number of hydrogen-bond donors (Lipinski definition) is 0. The molecule has 0 N–H and O–H groups in total. The summed E-state index contributed by atoms with van der Waals surface area (Å²) in [6.07, 6.45) is 0. The van der Waals surface area contributed by atoms with E-state index in [9.17, 15) is 0 Å². The summed E-state index contributed by atoms with van der Waals surface area (Å²) in [5, 5.41) is 4.80. The highest BCUT2D eigenvalue weighted by atomic mass is 16.3. The summed E-state index contributed by atoms with van der Waals surface area (Å²) in [5.41, 5.74) is 6.39. The zero-order valence-corrected chi connectivity index (χ0v) is 13.3. The molecule has 0 spiro atoms. The van der Waals surface area contributed by atoms with Crippen LogP contribution >= 0.6 is 0 Å². The van der Waals surface area contributed by atoms with Crippen LogP contribution in [0.5, 0.6) is 0 Å². The molecule has 2 aromatic carbocycles. The first kappa shape index (κ1) is 13.8. The van der Waals surface area contributed by atoms with Crippen LogP contribution in [-0.4, -0.2) is 9.78 Å². The molecule has 0 unspecified atom stereocenters. The van der Waals surface area contributed by atoms with Gasteiger partial charge in [0.15, 0.2) is 5.58 Å². The molecular weight excluding hydrogens is 284 g/mol. The second kappa shape index (κ2) is 5.43. The Morgan fingerprint density at radius 2 is 1.70 bits per heavy atom. The van der Waals surface area contributed by atoms with Crippen molar-refractivity contribution in [3.8, 4) is 11.3 Å². The fourth-order valence-electron chi connectivity index (χ4n) is 2.85. The second-order valence-electron chi connectivity index (χ2n) is 5.93. The van der Waals surface area contributed by atoms with Gasteiger partial charge in [0, 0.05) is 11.6 Å². The van der Waals surface area contributed by atoms with Crippen molar-refractivity contribution in [2.24, 2.45) is 0 Å². The first-order valence-electron chi connectivity index (χ1n) is 7.78. The van der Waals surface area contributed by atoms with Crippen molar-refractivity contribution >= 4 is 11.1 Å². The van der Waals surface area contributed by atoms with Crippen LogP contribution in [0.2, 0.25) is 0 Å². The third-order valence-electron chi connectivity index (χ3n) is 4.05. The molecule has 2 heterocycles. The maximum atomic E-state index is 5.91. The predicted molar refractivity (Wildman–Crippen MR) is 92.5 cm³/mol. The highest BCUT2D eigenvalue weighted by Crippen LogP contribution is 2.30. The van der Waals surface area contributed by atoms with E-state index in [4.69, 9.17) is 9.52 Å². The molecule has 3 nitrogen and oxygen atoms in total. The maximum Gasteiger partial charge on any atom is 0.180 e. The van der Waals surface area contributed by atoms with E-state index >= 15 is 0 Å². The number of hydrogen-bond acceptors (Lipinski definition) is 2. The molecule has 0 atom stereocenters. The molecule has 0 amide bonds. The number of aryl methyl sites for hydroxylation is 2. The molecule has 0 fully saturated rings. The molecule has 4 aromatic rings. The molecule has 0 bridgehead atoms. The molecule has 0 saturated carbocycles. The van der Waals surface area contributed by atoms with Gasteiger partial charge in [0.25, 0.3) is 0 Å². The number of aromatic nitrogens is 2. The third-order valence-corrected chi connectivity index (χ3v) is 4.05. The lowest BCUT2D eigenvalue weighted by Gasteiger charge is -2.03. The van der Waals surface area contributed by atoms with Crippen molar-refractivity contribution in [3.05, 3.63) is 77.6 Å². The molecule has 4 rings (SSSR count). The predicted octanol–water partition coefficient (Wildman–Crippen LogP) is 4.96. The summed E-state index contributed by atoms with van der Waals surface area (Å²) in [7, 11) is 0. The first-order chi connectivity index (χ1) is 11.2. The molecular formula is C20H18N2O. The largest absolute Gasteiger partial charge is 0.457 e. The van der Waals surface area contributed by atoms with E-state index in [1.165, 1.54) is 11.1 Å². The van der Waals surface area contributed by atoms with Crippen LogP contribution in [0.3, 0.4) is 0 Å². The van der Waals surface area contributed by atoms with Gasteiger partial charge in [-0.05, 0) is 19.4 Å². The standard InChI is InChI=1S/C20H18N2O/c1-14-8-10-16(11-9-14)13-22-18-12-15(2)23-20(18)19(21-22)17-6-4-3-5-7-17/h3-12H,13H2,1-2H3. The lowest BCUT2D eigenvalue weighted by atomic mass is 10.1. The zero-order valence-electron chi connectivity index (χ0n) is 13.3. The van der Waals surface area contributed by atoms with Gasteiger partial charge in [0.05, 0.1) is 6.54 Å². The van der Waals surface area contributed by atoms with Crippen molar-refractivity contribution in [3.63, 3.8) is 0 Å². The molecule has 0 aliphatic rings. The molecule has 114 valence electrons. The van der Waals surface area contributed by atoms with E-state index < -0.39 is 0 Å². The second-order valence-corrected chi connectivity index (χ2v) is 5.93. The Hall–Kier alpha value is -2.81. The molecule has 0 saturated heterocycles. The smallest absolute Gasteiger partial charge is 0.180 e. The molecule has 2 aromatic heterocycles. The Labute approximate surface area is 135 Å². The fourth-order valence-corrected chi connectivity index (χ4v) is 2.85. The van der Waals surface area contributed by atoms with Gasteiger partial charge in [0.1, 0.15) is 17.0 Å². The minimum Gasteiger partial charge on any atom is -0.457 e. The quantitative estimate of drug-likeness (QED) is 0.535. The number of rotatable bonds is 3. The Morgan fingerprint density at radius 3 is 2.43 bits per heavy atom. The lowest BCUT2D eigenvalue weighted by Crippen LogP contribution is -2.01. The van der Waals surface area contributed by atoms with Crippen molar-refractivity contribution in [1.82, 2.24) is 9.78 Å². The van der Waals surface area contributed by atoms with Gasteiger partial charge in [-0.15, -0.1) is 0 Å². The van der Waals surface area contributed by atoms with Crippen LogP contribution in [0, 0.1) is 13.8 Å². The van der Waals surface area contributed by atoms with E-state index in [1.54, 1.807) is 0 Å². The monoisotopic (exact) mass is 302 g/mol. The molecule has 0 aliphatic heterocycles. The summed E-state index contributed by atoms with van der Waals surface area (Å²) in [6.45, 7) is 4.82. The lowest BCUT2D eigenvalue weighted by molar-refractivity contribution is 0.579. The van der Waals surface area contributed by atoms with Crippen molar-refractivity contribution in [2.45, 2.75) is 20.4 Å². The zero-order chi connectivity index (χ0) is 15.8.